The van der Waals surface area contributed by atoms with E-state index in [9.17, 15) is 0 Å². The van der Waals surface area contributed by atoms with E-state index in [1.54, 1.807) is 0 Å². The molecule has 3 atom stereocenters. The Morgan fingerprint density at radius 3 is 2.83 bits per heavy atom. The second-order valence-corrected chi connectivity index (χ2v) is 5.30. The Kier molecular flexibility index (Phi) is 5.21. The van der Waals surface area contributed by atoms with Gasteiger partial charge in [0, 0.05) is 18.7 Å². The molecule has 1 aliphatic heterocycles. The average molecular weight is 247 g/mol. The lowest BCUT2D eigenvalue weighted by molar-refractivity contribution is -0.00472. The lowest BCUT2D eigenvalue weighted by atomic mass is 9.98. The van der Waals surface area contributed by atoms with Crippen LogP contribution in [0, 0.1) is 0 Å². The summed E-state index contributed by atoms with van der Waals surface area (Å²) in [4.78, 5) is 0. The molecule has 100 valence electrons. The fourth-order valence-corrected chi connectivity index (χ4v) is 2.75. The number of hydrogen-bond acceptors (Lipinski definition) is 2. The normalized spacial score (nSPS) is 25.9. The molecular weight excluding hydrogens is 222 g/mol. The molecule has 0 spiro atoms. The average Bonchev–Trinajstić information content (AvgIpc) is 2.40. The Bertz CT molecular complexity index is 336. The van der Waals surface area contributed by atoms with Crippen molar-refractivity contribution in [2.45, 2.75) is 57.7 Å². The van der Waals surface area contributed by atoms with Crippen LogP contribution in [0.1, 0.15) is 51.1 Å². The van der Waals surface area contributed by atoms with Crippen LogP contribution in [0.3, 0.4) is 0 Å². The highest BCUT2D eigenvalue weighted by Gasteiger charge is 2.23. The fourth-order valence-electron chi connectivity index (χ4n) is 2.75. The molecular formula is C16H25NO. The summed E-state index contributed by atoms with van der Waals surface area (Å²) in [6, 6.07) is 11.7. The maximum atomic E-state index is 5.80. The summed E-state index contributed by atoms with van der Waals surface area (Å²) < 4.78 is 5.80. The lowest BCUT2D eigenvalue weighted by Crippen LogP contribution is -2.40. The van der Waals surface area contributed by atoms with Gasteiger partial charge in [0.25, 0.3) is 0 Å². The van der Waals surface area contributed by atoms with Crippen molar-refractivity contribution in [3.05, 3.63) is 35.9 Å². The number of nitrogens with one attached hydrogen (secondary N) is 1. The standard InChI is InChI=1S/C16H25NO/c1-3-7-16-12-15(10-11-18-16)17-13(2)14-8-5-4-6-9-14/h4-6,8-9,13,15-17H,3,7,10-12H2,1-2H3/t13-,15?,16?/m0/s1. The van der Waals surface area contributed by atoms with E-state index in [0.29, 0.717) is 18.2 Å². The van der Waals surface area contributed by atoms with E-state index in [4.69, 9.17) is 4.74 Å². The van der Waals surface area contributed by atoms with Crippen LogP contribution in [0.2, 0.25) is 0 Å². The highest BCUT2D eigenvalue weighted by molar-refractivity contribution is 5.18. The molecule has 1 saturated heterocycles. The van der Waals surface area contributed by atoms with Crippen LogP contribution >= 0.6 is 0 Å². The molecule has 0 aliphatic carbocycles. The second-order valence-electron chi connectivity index (χ2n) is 5.30. The summed E-state index contributed by atoms with van der Waals surface area (Å²) in [5, 5.41) is 3.74. The first-order chi connectivity index (χ1) is 8.79. The van der Waals surface area contributed by atoms with Crippen molar-refractivity contribution in [2.75, 3.05) is 6.61 Å². The predicted octanol–water partition coefficient (Wildman–Crippen LogP) is 3.68. The van der Waals surface area contributed by atoms with Crippen LogP contribution in [0.15, 0.2) is 30.3 Å². The zero-order chi connectivity index (χ0) is 12.8. The maximum Gasteiger partial charge on any atom is 0.0589 e. The molecule has 1 heterocycles. The topological polar surface area (TPSA) is 21.3 Å². The van der Waals surface area contributed by atoms with Gasteiger partial charge in [-0.1, -0.05) is 43.7 Å². The third-order valence-corrected chi connectivity index (χ3v) is 3.76. The number of rotatable bonds is 5. The Labute approximate surface area is 111 Å². The van der Waals surface area contributed by atoms with Gasteiger partial charge in [-0.25, -0.2) is 0 Å². The van der Waals surface area contributed by atoms with Crippen molar-refractivity contribution < 1.29 is 4.74 Å². The van der Waals surface area contributed by atoms with E-state index in [1.165, 1.54) is 18.4 Å². The lowest BCUT2D eigenvalue weighted by Gasteiger charge is -2.32. The minimum Gasteiger partial charge on any atom is -0.378 e. The Hall–Kier alpha value is -0.860. The predicted molar refractivity (Wildman–Crippen MR) is 75.7 cm³/mol. The zero-order valence-electron chi connectivity index (χ0n) is 11.6. The van der Waals surface area contributed by atoms with Gasteiger partial charge in [-0.2, -0.15) is 0 Å². The first kappa shape index (κ1) is 13.6. The SMILES string of the molecule is CCCC1CC(N[C@@H](C)c2ccccc2)CCO1. The van der Waals surface area contributed by atoms with Gasteiger partial charge in [0.2, 0.25) is 0 Å². The number of benzene rings is 1. The Morgan fingerprint density at radius 1 is 1.33 bits per heavy atom. The van der Waals surface area contributed by atoms with Crippen LogP contribution < -0.4 is 5.32 Å². The van der Waals surface area contributed by atoms with Crippen molar-refractivity contribution >= 4 is 0 Å². The summed E-state index contributed by atoms with van der Waals surface area (Å²) in [5.74, 6) is 0. The van der Waals surface area contributed by atoms with E-state index in [-0.39, 0.29) is 0 Å². The third kappa shape index (κ3) is 3.82. The summed E-state index contributed by atoms with van der Waals surface area (Å²) in [6.45, 7) is 5.39. The molecule has 0 amide bonds. The summed E-state index contributed by atoms with van der Waals surface area (Å²) in [6.07, 6.45) is 5.16. The second kappa shape index (κ2) is 6.91. The van der Waals surface area contributed by atoms with Crippen molar-refractivity contribution in [3.63, 3.8) is 0 Å². The van der Waals surface area contributed by atoms with Gasteiger partial charge >= 0.3 is 0 Å². The molecule has 0 saturated carbocycles. The van der Waals surface area contributed by atoms with Crippen molar-refractivity contribution in [3.8, 4) is 0 Å². The van der Waals surface area contributed by atoms with Crippen molar-refractivity contribution in [1.82, 2.24) is 5.32 Å². The maximum absolute atomic E-state index is 5.80. The first-order valence-corrected chi connectivity index (χ1v) is 7.22. The molecule has 1 aromatic carbocycles. The van der Waals surface area contributed by atoms with E-state index >= 15 is 0 Å². The van der Waals surface area contributed by atoms with Crippen LogP contribution in [0.4, 0.5) is 0 Å². The van der Waals surface area contributed by atoms with E-state index in [2.05, 4.69) is 49.5 Å². The first-order valence-electron chi connectivity index (χ1n) is 7.22. The van der Waals surface area contributed by atoms with Crippen molar-refractivity contribution in [2.24, 2.45) is 0 Å². The Balaban J connectivity index is 1.85. The third-order valence-electron chi connectivity index (χ3n) is 3.76. The van der Waals surface area contributed by atoms with Crippen LogP contribution in [-0.4, -0.2) is 18.8 Å². The summed E-state index contributed by atoms with van der Waals surface area (Å²) in [5.41, 5.74) is 1.37. The molecule has 2 rings (SSSR count). The zero-order valence-corrected chi connectivity index (χ0v) is 11.6. The largest absolute Gasteiger partial charge is 0.378 e. The van der Waals surface area contributed by atoms with Gasteiger partial charge in [-0.3, -0.25) is 0 Å². The monoisotopic (exact) mass is 247 g/mol. The van der Waals surface area contributed by atoms with Crippen LogP contribution in [0.25, 0.3) is 0 Å². The highest BCUT2D eigenvalue weighted by Crippen LogP contribution is 2.21. The molecule has 1 aliphatic rings. The number of ether oxygens (including phenoxy) is 1. The molecule has 2 heteroatoms. The quantitative estimate of drug-likeness (QED) is 0.857. The van der Waals surface area contributed by atoms with E-state index in [1.807, 2.05) is 0 Å². The molecule has 2 unspecified atom stereocenters. The highest BCUT2D eigenvalue weighted by atomic mass is 16.5. The van der Waals surface area contributed by atoms with Gasteiger partial charge in [0.1, 0.15) is 0 Å². The fraction of sp³-hybridized carbons (Fsp3) is 0.625. The smallest absolute Gasteiger partial charge is 0.0589 e. The van der Waals surface area contributed by atoms with E-state index in [0.717, 1.165) is 19.4 Å². The Morgan fingerprint density at radius 2 is 2.11 bits per heavy atom. The van der Waals surface area contributed by atoms with Gasteiger partial charge in [0.05, 0.1) is 6.10 Å². The molecule has 0 aromatic heterocycles. The van der Waals surface area contributed by atoms with Gasteiger partial charge in [-0.15, -0.1) is 0 Å². The van der Waals surface area contributed by atoms with Crippen molar-refractivity contribution in [1.29, 1.82) is 0 Å². The van der Waals surface area contributed by atoms with Gasteiger partial charge in [-0.05, 0) is 31.7 Å². The van der Waals surface area contributed by atoms with Gasteiger partial charge in [0.15, 0.2) is 0 Å². The summed E-state index contributed by atoms with van der Waals surface area (Å²) in [7, 11) is 0. The van der Waals surface area contributed by atoms with E-state index < -0.39 is 0 Å². The molecule has 2 nitrogen and oxygen atoms in total. The number of hydrogen-bond donors (Lipinski definition) is 1. The van der Waals surface area contributed by atoms with Gasteiger partial charge < -0.3 is 10.1 Å². The molecule has 18 heavy (non-hydrogen) atoms. The molecule has 0 bridgehead atoms. The molecule has 1 aromatic rings. The molecule has 1 N–H and O–H groups in total. The van der Waals surface area contributed by atoms with Crippen LogP contribution in [-0.2, 0) is 4.74 Å². The molecule has 0 radical (unpaired) electrons. The molecule has 1 fully saturated rings. The summed E-state index contributed by atoms with van der Waals surface area (Å²) >= 11 is 0. The van der Waals surface area contributed by atoms with Crippen LogP contribution in [0.5, 0.6) is 0 Å². The minimum atomic E-state index is 0.427. The minimum absolute atomic E-state index is 0.427.